The number of hydrogen-bond acceptors (Lipinski definition) is 4. The maximum absolute atomic E-state index is 12.6. The van der Waals surface area contributed by atoms with E-state index in [2.05, 4.69) is 42.3 Å². The van der Waals surface area contributed by atoms with Crippen LogP contribution in [0.2, 0.25) is 0 Å². The second-order valence-corrected chi connectivity index (χ2v) is 8.01. The summed E-state index contributed by atoms with van der Waals surface area (Å²) in [6.07, 6.45) is 4.43. The predicted molar refractivity (Wildman–Crippen MR) is 117 cm³/mol. The molecule has 0 aliphatic carbocycles. The molecule has 3 aromatic rings. The highest BCUT2D eigenvalue weighted by Gasteiger charge is 2.11. The molecule has 6 heteroatoms. The van der Waals surface area contributed by atoms with E-state index >= 15 is 0 Å². The van der Waals surface area contributed by atoms with Gasteiger partial charge < -0.3 is 5.32 Å². The summed E-state index contributed by atoms with van der Waals surface area (Å²) >= 11 is 1.44. The Hall–Kier alpha value is -2.86. The molecular weight excluding hydrogens is 382 g/mol. The van der Waals surface area contributed by atoms with Crippen molar-refractivity contribution in [3.05, 3.63) is 77.1 Å². The largest absolute Gasteiger partial charge is 0.356 e. The highest BCUT2D eigenvalue weighted by Crippen LogP contribution is 2.23. The summed E-state index contributed by atoms with van der Waals surface area (Å²) in [5.74, 6) is 0.360. The number of rotatable bonds is 8. The molecule has 0 radical (unpaired) electrons. The molecule has 1 amide bonds. The summed E-state index contributed by atoms with van der Waals surface area (Å²) in [6.45, 7) is 6.25. The molecule has 3 rings (SSSR count). The van der Waals surface area contributed by atoms with Gasteiger partial charge in [-0.15, -0.1) is 0 Å². The van der Waals surface area contributed by atoms with E-state index in [4.69, 9.17) is 0 Å². The number of amides is 1. The summed E-state index contributed by atoms with van der Waals surface area (Å²) in [7, 11) is 0. The van der Waals surface area contributed by atoms with Gasteiger partial charge in [-0.05, 0) is 49.1 Å². The number of hydrogen-bond donors (Lipinski definition) is 1. The minimum absolute atomic E-state index is 0.0343. The van der Waals surface area contributed by atoms with Crippen molar-refractivity contribution < 1.29 is 9.59 Å². The van der Waals surface area contributed by atoms with E-state index in [0.29, 0.717) is 17.9 Å². The van der Waals surface area contributed by atoms with Gasteiger partial charge in [-0.3, -0.25) is 14.2 Å². The average Bonchev–Trinajstić information content (AvgIpc) is 3.14. The lowest BCUT2D eigenvalue weighted by Crippen LogP contribution is -2.22. The summed E-state index contributed by atoms with van der Waals surface area (Å²) < 4.78 is 2.02. The fourth-order valence-corrected chi connectivity index (χ4v) is 4.00. The molecule has 0 aliphatic heterocycles. The average molecular weight is 408 g/mol. The van der Waals surface area contributed by atoms with Crippen LogP contribution in [0.3, 0.4) is 0 Å². The SMILES string of the molecule is CC(=O)NCCc1ccc(C(=O)CSc2nccn2-c2cc(C)cc(C)c2)cc1. The molecule has 1 N–H and O–H groups in total. The maximum atomic E-state index is 12.6. The lowest BCUT2D eigenvalue weighted by atomic mass is 10.1. The lowest BCUT2D eigenvalue weighted by molar-refractivity contribution is -0.118. The monoisotopic (exact) mass is 407 g/mol. The standard InChI is InChI=1S/C23H25N3O2S/c1-16-12-17(2)14-21(13-16)26-11-10-25-23(26)29-15-22(28)20-6-4-19(5-7-20)8-9-24-18(3)27/h4-7,10-14H,8-9,15H2,1-3H3,(H,24,27). The predicted octanol–water partition coefficient (Wildman–Crippen LogP) is 4.14. The number of aryl methyl sites for hydroxylation is 2. The second kappa shape index (κ2) is 9.56. The molecule has 0 spiro atoms. The molecule has 0 bridgehead atoms. The van der Waals surface area contributed by atoms with Gasteiger partial charge in [-0.25, -0.2) is 4.98 Å². The summed E-state index contributed by atoms with van der Waals surface area (Å²) in [5.41, 5.74) is 5.22. The van der Waals surface area contributed by atoms with Crippen LogP contribution in [0.4, 0.5) is 0 Å². The third-order valence-electron chi connectivity index (χ3n) is 4.49. The van der Waals surface area contributed by atoms with Gasteiger partial charge in [0.15, 0.2) is 10.9 Å². The van der Waals surface area contributed by atoms with Crippen molar-refractivity contribution in [3.8, 4) is 5.69 Å². The number of imidazole rings is 1. The molecule has 2 aromatic carbocycles. The van der Waals surface area contributed by atoms with Crippen LogP contribution in [-0.4, -0.2) is 33.5 Å². The highest BCUT2D eigenvalue weighted by atomic mass is 32.2. The van der Waals surface area contributed by atoms with Crippen molar-refractivity contribution in [2.24, 2.45) is 0 Å². The van der Waals surface area contributed by atoms with Crippen LogP contribution < -0.4 is 5.32 Å². The van der Waals surface area contributed by atoms with Gasteiger partial charge in [0, 0.05) is 37.1 Å². The number of aromatic nitrogens is 2. The highest BCUT2D eigenvalue weighted by molar-refractivity contribution is 7.99. The normalized spacial score (nSPS) is 10.7. The quantitative estimate of drug-likeness (QED) is 0.450. The van der Waals surface area contributed by atoms with E-state index < -0.39 is 0 Å². The number of carbonyl (C=O) groups is 2. The lowest BCUT2D eigenvalue weighted by Gasteiger charge is -2.10. The summed E-state index contributed by atoms with van der Waals surface area (Å²) in [4.78, 5) is 27.9. The fourth-order valence-electron chi connectivity index (χ4n) is 3.14. The Morgan fingerprint density at radius 3 is 2.41 bits per heavy atom. The smallest absolute Gasteiger partial charge is 0.216 e. The van der Waals surface area contributed by atoms with Gasteiger partial charge in [0.25, 0.3) is 0 Å². The Morgan fingerprint density at radius 1 is 1.07 bits per heavy atom. The Bertz CT molecular complexity index is 989. The van der Waals surface area contributed by atoms with Crippen LogP contribution in [0.5, 0.6) is 0 Å². The zero-order chi connectivity index (χ0) is 20.8. The first-order valence-corrected chi connectivity index (χ1v) is 10.5. The Labute approximate surface area is 175 Å². The zero-order valence-electron chi connectivity index (χ0n) is 16.9. The molecule has 5 nitrogen and oxygen atoms in total. The van der Waals surface area contributed by atoms with Crippen LogP contribution in [-0.2, 0) is 11.2 Å². The van der Waals surface area contributed by atoms with E-state index in [0.717, 1.165) is 22.8 Å². The van der Waals surface area contributed by atoms with Crippen LogP contribution in [0, 0.1) is 13.8 Å². The van der Waals surface area contributed by atoms with Crippen molar-refractivity contribution >= 4 is 23.5 Å². The van der Waals surface area contributed by atoms with E-state index in [1.807, 2.05) is 35.0 Å². The molecular formula is C23H25N3O2S. The number of nitrogens with zero attached hydrogens (tertiary/aromatic N) is 2. The molecule has 29 heavy (non-hydrogen) atoms. The number of carbonyl (C=O) groups excluding carboxylic acids is 2. The molecule has 0 unspecified atom stereocenters. The van der Waals surface area contributed by atoms with E-state index in [1.165, 1.54) is 29.8 Å². The first-order chi connectivity index (χ1) is 13.9. The van der Waals surface area contributed by atoms with Crippen LogP contribution in [0.1, 0.15) is 34.0 Å². The molecule has 1 heterocycles. The van der Waals surface area contributed by atoms with E-state index in [-0.39, 0.29) is 11.7 Å². The number of nitrogens with one attached hydrogen (secondary N) is 1. The minimum Gasteiger partial charge on any atom is -0.356 e. The summed E-state index contributed by atoms with van der Waals surface area (Å²) in [6, 6.07) is 13.9. The first kappa shape index (κ1) is 20.9. The Balaban J connectivity index is 1.61. The number of Topliss-reactive ketones (excluding diaryl/α,β-unsaturated/α-hetero) is 1. The number of thioether (sulfide) groups is 1. The maximum Gasteiger partial charge on any atom is 0.216 e. The van der Waals surface area contributed by atoms with Crippen LogP contribution in [0.25, 0.3) is 5.69 Å². The molecule has 0 fully saturated rings. The number of ketones is 1. The van der Waals surface area contributed by atoms with Crippen molar-refractivity contribution in [3.63, 3.8) is 0 Å². The van der Waals surface area contributed by atoms with Crippen molar-refractivity contribution in [1.82, 2.24) is 14.9 Å². The van der Waals surface area contributed by atoms with Crippen LogP contribution in [0.15, 0.2) is 60.0 Å². The molecule has 0 saturated carbocycles. The third kappa shape index (κ3) is 5.81. The second-order valence-electron chi connectivity index (χ2n) is 7.07. The first-order valence-electron chi connectivity index (χ1n) is 9.54. The zero-order valence-corrected chi connectivity index (χ0v) is 17.8. The van der Waals surface area contributed by atoms with Crippen molar-refractivity contribution in [2.45, 2.75) is 32.3 Å². The van der Waals surface area contributed by atoms with E-state index in [1.54, 1.807) is 6.20 Å². The van der Waals surface area contributed by atoms with Gasteiger partial charge in [-0.1, -0.05) is 42.1 Å². The molecule has 0 atom stereocenters. The Morgan fingerprint density at radius 2 is 1.76 bits per heavy atom. The fraction of sp³-hybridized carbons (Fsp3) is 0.261. The Kier molecular flexibility index (Phi) is 6.88. The van der Waals surface area contributed by atoms with Crippen molar-refractivity contribution in [2.75, 3.05) is 12.3 Å². The van der Waals surface area contributed by atoms with Gasteiger partial charge >= 0.3 is 0 Å². The van der Waals surface area contributed by atoms with Gasteiger partial charge in [0.1, 0.15) is 0 Å². The van der Waals surface area contributed by atoms with Gasteiger partial charge in [0.2, 0.25) is 5.91 Å². The van der Waals surface area contributed by atoms with Gasteiger partial charge in [0.05, 0.1) is 5.75 Å². The molecule has 1 aromatic heterocycles. The van der Waals surface area contributed by atoms with E-state index in [9.17, 15) is 9.59 Å². The third-order valence-corrected chi connectivity index (χ3v) is 5.45. The minimum atomic E-state index is -0.0343. The topological polar surface area (TPSA) is 64.0 Å². The van der Waals surface area contributed by atoms with Crippen molar-refractivity contribution in [1.29, 1.82) is 0 Å². The van der Waals surface area contributed by atoms with Gasteiger partial charge in [-0.2, -0.15) is 0 Å². The number of benzene rings is 2. The molecule has 0 aliphatic rings. The van der Waals surface area contributed by atoms with Crippen LogP contribution >= 0.6 is 11.8 Å². The molecule has 150 valence electrons. The summed E-state index contributed by atoms with van der Waals surface area (Å²) in [5, 5.41) is 3.58. The molecule has 0 saturated heterocycles.